The fraction of sp³-hybridized carbons (Fsp3) is 0.400. The topological polar surface area (TPSA) is 91.7 Å². The van der Waals surface area contributed by atoms with E-state index < -0.39 is 11.9 Å². The number of carbonyl (C=O) groups excluding carboxylic acids is 2. The van der Waals surface area contributed by atoms with Crippen molar-refractivity contribution >= 4 is 40.0 Å². The van der Waals surface area contributed by atoms with Crippen LogP contribution in [0.1, 0.15) is 46.1 Å². The molecule has 2 aromatic rings. The number of anilines is 2. The summed E-state index contributed by atoms with van der Waals surface area (Å²) < 4.78 is 10.6. The number of carbonyl (C=O) groups is 2. The van der Waals surface area contributed by atoms with Gasteiger partial charge >= 0.3 is 5.97 Å². The van der Waals surface area contributed by atoms with Crippen molar-refractivity contribution in [2.24, 2.45) is 0 Å². The molecular weight excluding hydrogens is 438 g/mol. The molecule has 4 rings (SSSR count). The second kappa shape index (κ2) is 10.6. The third-order valence-corrected chi connectivity index (χ3v) is 7.03. The fourth-order valence-corrected chi connectivity index (χ4v) is 5.43. The van der Waals surface area contributed by atoms with Gasteiger partial charge in [-0.05, 0) is 61.9 Å². The summed E-state index contributed by atoms with van der Waals surface area (Å²) in [5.74, 6) is -0.952. The maximum atomic E-state index is 12.9. The summed E-state index contributed by atoms with van der Waals surface area (Å²) in [7, 11) is 0. The molecule has 1 aliphatic carbocycles. The molecule has 1 aliphatic heterocycles. The van der Waals surface area contributed by atoms with Crippen LogP contribution in [0.2, 0.25) is 0 Å². The van der Waals surface area contributed by atoms with Crippen molar-refractivity contribution in [3.05, 3.63) is 51.4 Å². The Balaban J connectivity index is 1.53. The number of nitrogens with one attached hydrogen (secondary N) is 1. The summed E-state index contributed by atoms with van der Waals surface area (Å²) in [4.78, 5) is 28.9. The number of nitriles is 1. The molecule has 2 aliphatic rings. The zero-order valence-corrected chi connectivity index (χ0v) is 19.5. The number of benzene rings is 1. The molecule has 1 amide bonds. The van der Waals surface area contributed by atoms with Crippen molar-refractivity contribution in [1.29, 1.82) is 5.26 Å². The van der Waals surface area contributed by atoms with Gasteiger partial charge in [0, 0.05) is 23.7 Å². The van der Waals surface area contributed by atoms with Gasteiger partial charge in [-0.2, -0.15) is 5.26 Å². The smallest absolute Gasteiger partial charge is 0.341 e. The highest BCUT2D eigenvalue weighted by atomic mass is 32.1. The first-order valence-corrected chi connectivity index (χ1v) is 12.1. The number of hydrogen-bond acceptors (Lipinski definition) is 7. The molecular formula is C25H27N3O4S. The maximum absolute atomic E-state index is 12.9. The molecule has 0 radical (unpaired) electrons. The largest absolute Gasteiger partial charge is 0.462 e. The van der Waals surface area contributed by atoms with Gasteiger partial charge in [0.1, 0.15) is 16.6 Å². The summed E-state index contributed by atoms with van der Waals surface area (Å²) in [6.45, 7) is 5.13. The van der Waals surface area contributed by atoms with Crippen LogP contribution in [-0.4, -0.2) is 44.8 Å². The minimum atomic E-state index is -0.529. The highest BCUT2D eigenvalue weighted by Crippen LogP contribution is 2.38. The number of rotatable bonds is 6. The lowest BCUT2D eigenvalue weighted by atomic mass is 9.95. The van der Waals surface area contributed by atoms with Gasteiger partial charge in [-0.1, -0.05) is 12.1 Å². The van der Waals surface area contributed by atoms with Gasteiger partial charge in [0.05, 0.1) is 25.4 Å². The SMILES string of the molecule is CCOC(=O)c1c(NC(=O)/C(C#N)=C/c2ccc(N3CCOCC3)cc2)sc2c1CCCC2. The average molecular weight is 466 g/mol. The normalized spacial score (nSPS) is 16.0. The van der Waals surface area contributed by atoms with Gasteiger partial charge in [-0.15, -0.1) is 11.3 Å². The van der Waals surface area contributed by atoms with Gasteiger partial charge < -0.3 is 19.7 Å². The highest BCUT2D eigenvalue weighted by molar-refractivity contribution is 7.17. The van der Waals surface area contributed by atoms with Crippen LogP contribution in [0.25, 0.3) is 6.08 Å². The van der Waals surface area contributed by atoms with E-state index in [1.165, 1.54) is 11.3 Å². The lowest BCUT2D eigenvalue weighted by Gasteiger charge is -2.28. The number of nitrogens with zero attached hydrogens (tertiary/aromatic N) is 2. The Hall–Kier alpha value is -3.15. The third-order valence-electron chi connectivity index (χ3n) is 5.82. The minimum Gasteiger partial charge on any atom is -0.462 e. The van der Waals surface area contributed by atoms with Crippen LogP contribution in [0.5, 0.6) is 0 Å². The van der Waals surface area contributed by atoms with Crippen LogP contribution in [0.4, 0.5) is 10.7 Å². The molecule has 1 N–H and O–H groups in total. The lowest BCUT2D eigenvalue weighted by molar-refractivity contribution is -0.112. The van der Waals surface area contributed by atoms with E-state index in [0.717, 1.165) is 60.5 Å². The summed E-state index contributed by atoms with van der Waals surface area (Å²) in [6, 6.07) is 9.74. The zero-order valence-electron chi connectivity index (χ0n) is 18.7. The Kier molecular flexibility index (Phi) is 7.43. The third kappa shape index (κ3) is 5.27. The second-order valence-electron chi connectivity index (χ2n) is 7.95. The molecule has 0 unspecified atom stereocenters. The van der Waals surface area contributed by atoms with Crippen LogP contribution in [0, 0.1) is 11.3 Å². The number of amides is 1. The molecule has 0 atom stereocenters. The Labute approximate surface area is 197 Å². The predicted octanol–water partition coefficient (Wildman–Crippen LogP) is 4.19. The van der Waals surface area contributed by atoms with Crippen LogP contribution in [-0.2, 0) is 27.1 Å². The first-order valence-electron chi connectivity index (χ1n) is 11.3. The Morgan fingerprint density at radius 1 is 1.21 bits per heavy atom. The summed E-state index contributed by atoms with van der Waals surface area (Å²) >= 11 is 1.41. The van der Waals surface area contributed by atoms with E-state index in [2.05, 4.69) is 10.2 Å². The fourth-order valence-electron chi connectivity index (χ4n) is 4.16. The monoisotopic (exact) mass is 465 g/mol. The van der Waals surface area contributed by atoms with E-state index in [-0.39, 0.29) is 12.2 Å². The minimum absolute atomic E-state index is 0.0182. The molecule has 33 heavy (non-hydrogen) atoms. The standard InChI is InChI=1S/C25H27N3O4S/c1-2-32-25(30)22-20-5-3-4-6-21(20)33-24(22)27-23(29)18(16-26)15-17-7-9-19(10-8-17)28-11-13-31-14-12-28/h7-10,15H,2-6,11-14H2,1H3,(H,27,29)/b18-15+. The summed E-state index contributed by atoms with van der Waals surface area (Å²) in [6.07, 6.45) is 5.32. The molecule has 0 spiro atoms. The Bertz CT molecular complexity index is 1090. The van der Waals surface area contributed by atoms with E-state index in [0.29, 0.717) is 23.8 Å². The number of aryl methyl sites for hydroxylation is 1. The zero-order chi connectivity index (χ0) is 23.2. The summed E-state index contributed by atoms with van der Waals surface area (Å²) in [5, 5.41) is 12.9. The number of ether oxygens (including phenoxy) is 2. The molecule has 172 valence electrons. The molecule has 0 saturated carbocycles. The van der Waals surface area contributed by atoms with Crippen molar-refractivity contribution in [1.82, 2.24) is 0 Å². The molecule has 1 saturated heterocycles. The van der Waals surface area contributed by atoms with Crippen LogP contribution >= 0.6 is 11.3 Å². The Morgan fingerprint density at radius 2 is 1.94 bits per heavy atom. The van der Waals surface area contributed by atoms with Gasteiger partial charge in [0.15, 0.2) is 0 Å². The van der Waals surface area contributed by atoms with Gasteiger partial charge in [-0.25, -0.2) is 4.79 Å². The van der Waals surface area contributed by atoms with E-state index in [4.69, 9.17) is 9.47 Å². The number of thiophene rings is 1. The van der Waals surface area contributed by atoms with Crippen molar-refractivity contribution in [3.63, 3.8) is 0 Å². The van der Waals surface area contributed by atoms with Crippen molar-refractivity contribution < 1.29 is 19.1 Å². The van der Waals surface area contributed by atoms with Gasteiger partial charge in [0.25, 0.3) is 5.91 Å². The van der Waals surface area contributed by atoms with Crippen LogP contribution in [0.15, 0.2) is 29.8 Å². The number of fused-ring (bicyclic) bond motifs is 1. The van der Waals surface area contributed by atoms with Crippen LogP contribution in [0.3, 0.4) is 0 Å². The number of esters is 1. The van der Waals surface area contributed by atoms with E-state index in [1.807, 2.05) is 30.3 Å². The average Bonchev–Trinajstić information content (AvgIpc) is 3.21. The molecule has 1 aromatic heterocycles. The van der Waals surface area contributed by atoms with Crippen molar-refractivity contribution in [2.45, 2.75) is 32.6 Å². The number of morpholine rings is 1. The van der Waals surface area contributed by atoms with Crippen LogP contribution < -0.4 is 10.2 Å². The molecule has 2 heterocycles. The maximum Gasteiger partial charge on any atom is 0.341 e. The molecule has 1 aromatic carbocycles. The van der Waals surface area contributed by atoms with E-state index in [1.54, 1.807) is 13.0 Å². The van der Waals surface area contributed by atoms with Gasteiger partial charge in [-0.3, -0.25) is 4.79 Å². The summed E-state index contributed by atoms with van der Waals surface area (Å²) in [5.41, 5.74) is 3.24. The molecule has 7 nitrogen and oxygen atoms in total. The number of hydrogen-bond donors (Lipinski definition) is 1. The molecule has 8 heteroatoms. The van der Waals surface area contributed by atoms with E-state index in [9.17, 15) is 14.9 Å². The first kappa shape index (κ1) is 23.0. The van der Waals surface area contributed by atoms with Gasteiger partial charge in [0.2, 0.25) is 0 Å². The quantitative estimate of drug-likeness (QED) is 0.391. The van der Waals surface area contributed by atoms with Crippen molar-refractivity contribution in [2.75, 3.05) is 43.1 Å². The molecule has 0 bridgehead atoms. The molecule has 1 fully saturated rings. The van der Waals surface area contributed by atoms with E-state index >= 15 is 0 Å². The highest BCUT2D eigenvalue weighted by Gasteiger charge is 2.27. The predicted molar refractivity (Wildman–Crippen MR) is 129 cm³/mol. The first-order chi connectivity index (χ1) is 16.1. The van der Waals surface area contributed by atoms with Crippen molar-refractivity contribution in [3.8, 4) is 6.07 Å². The second-order valence-corrected chi connectivity index (χ2v) is 9.06. The Morgan fingerprint density at radius 3 is 2.64 bits per heavy atom. The lowest BCUT2D eigenvalue weighted by Crippen LogP contribution is -2.36.